The van der Waals surface area contributed by atoms with Gasteiger partial charge in [-0.25, -0.2) is 4.79 Å². The van der Waals surface area contributed by atoms with Gasteiger partial charge in [0.2, 0.25) is 5.76 Å². The summed E-state index contributed by atoms with van der Waals surface area (Å²) in [6, 6.07) is 2.98. The minimum Gasteiger partial charge on any atom is -0.475 e. The first-order chi connectivity index (χ1) is 8.04. The fraction of sp³-hybridized carbons (Fsp3) is 0.545. The number of nitrogens with one attached hydrogen (secondary N) is 1. The van der Waals surface area contributed by atoms with E-state index in [2.05, 4.69) is 5.32 Å². The van der Waals surface area contributed by atoms with Crippen LogP contribution in [-0.2, 0) is 10.8 Å². The van der Waals surface area contributed by atoms with Gasteiger partial charge in [-0.3, -0.25) is 4.21 Å². The van der Waals surface area contributed by atoms with Gasteiger partial charge in [-0.05, 0) is 19.1 Å². The molecule has 0 saturated heterocycles. The Morgan fingerprint density at radius 2 is 2.29 bits per heavy atom. The van der Waals surface area contributed by atoms with E-state index < -0.39 is 16.8 Å². The molecular formula is C11H17NO4S. The summed E-state index contributed by atoms with van der Waals surface area (Å²) in [6.07, 6.45) is 0. The lowest BCUT2D eigenvalue weighted by molar-refractivity contribution is 0.0659. The third kappa shape index (κ3) is 4.32. The molecule has 0 radical (unpaired) electrons. The highest BCUT2D eigenvalue weighted by Crippen LogP contribution is 2.15. The van der Waals surface area contributed by atoms with Crippen molar-refractivity contribution in [1.29, 1.82) is 0 Å². The Bertz CT molecular complexity index is 402. The summed E-state index contributed by atoms with van der Waals surface area (Å²) in [6.45, 7) is 4.37. The highest BCUT2D eigenvalue weighted by molar-refractivity contribution is 7.84. The first-order valence-corrected chi connectivity index (χ1v) is 6.94. The molecule has 0 fully saturated rings. The number of carboxylic acids is 1. The molecule has 0 aliphatic rings. The molecule has 2 unspecified atom stereocenters. The van der Waals surface area contributed by atoms with Gasteiger partial charge in [0.1, 0.15) is 5.76 Å². The average Bonchev–Trinajstić information content (AvgIpc) is 2.78. The van der Waals surface area contributed by atoms with Crippen molar-refractivity contribution < 1.29 is 18.5 Å². The van der Waals surface area contributed by atoms with E-state index in [1.807, 2.05) is 13.8 Å². The van der Waals surface area contributed by atoms with Crippen molar-refractivity contribution in [2.75, 3.05) is 18.1 Å². The van der Waals surface area contributed by atoms with Crippen molar-refractivity contribution in [3.63, 3.8) is 0 Å². The molecule has 1 aromatic heterocycles. The van der Waals surface area contributed by atoms with Crippen LogP contribution in [0, 0.1) is 0 Å². The molecule has 96 valence electrons. The highest BCUT2D eigenvalue weighted by atomic mass is 32.2. The van der Waals surface area contributed by atoms with Crippen LogP contribution in [0.15, 0.2) is 16.5 Å². The van der Waals surface area contributed by atoms with Crippen LogP contribution >= 0.6 is 0 Å². The molecule has 0 bridgehead atoms. The second-order valence-electron chi connectivity index (χ2n) is 3.62. The van der Waals surface area contributed by atoms with Gasteiger partial charge in [-0.15, -0.1) is 0 Å². The number of hydrogen-bond donors (Lipinski definition) is 2. The normalized spacial score (nSPS) is 14.5. The third-order valence-electron chi connectivity index (χ3n) is 2.37. The lowest BCUT2D eigenvalue weighted by Crippen LogP contribution is -2.24. The van der Waals surface area contributed by atoms with E-state index in [1.165, 1.54) is 6.07 Å². The molecule has 6 heteroatoms. The lowest BCUT2D eigenvalue weighted by Gasteiger charge is -2.10. The summed E-state index contributed by atoms with van der Waals surface area (Å²) in [7, 11) is -0.789. The number of carboxylic acid groups (broad SMARTS) is 1. The van der Waals surface area contributed by atoms with Crippen LogP contribution in [0.2, 0.25) is 0 Å². The zero-order chi connectivity index (χ0) is 12.8. The van der Waals surface area contributed by atoms with E-state index in [-0.39, 0.29) is 11.8 Å². The average molecular weight is 259 g/mol. The number of rotatable bonds is 7. The van der Waals surface area contributed by atoms with Crippen molar-refractivity contribution in [1.82, 2.24) is 5.32 Å². The number of furan rings is 1. The molecule has 0 amide bonds. The zero-order valence-corrected chi connectivity index (χ0v) is 10.8. The second-order valence-corrected chi connectivity index (χ2v) is 5.48. The topological polar surface area (TPSA) is 79.5 Å². The zero-order valence-electron chi connectivity index (χ0n) is 9.93. The molecule has 1 heterocycles. The van der Waals surface area contributed by atoms with Gasteiger partial charge in [-0.2, -0.15) is 0 Å². The Hall–Kier alpha value is -1.14. The van der Waals surface area contributed by atoms with Crippen molar-refractivity contribution in [3.8, 4) is 0 Å². The van der Waals surface area contributed by atoms with Gasteiger partial charge in [0.05, 0.1) is 6.04 Å². The van der Waals surface area contributed by atoms with Crippen molar-refractivity contribution in [3.05, 3.63) is 23.7 Å². The van der Waals surface area contributed by atoms with Crippen LogP contribution in [0.3, 0.4) is 0 Å². The van der Waals surface area contributed by atoms with E-state index in [4.69, 9.17) is 9.52 Å². The summed E-state index contributed by atoms with van der Waals surface area (Å²) < 4.78 is 16.3. The van der Waals surface area contributed by atoms with Gasteiger partial charge in [0.15, 0.2) is 0 Å². The largest absolute Gasteiger partial charge is 0.475 e. The van der Waals surface area contributed by atoms with E-state index in [9.17, 15) is 9.00 Å². The summed E-state index contributed by atoms with van der Waals surface area (Å²) >= 11 is 0. The predicted octanol–water partition coefficient (Wildman–Crippen LogP) is 1.40. The predicted molar refractivity (Wildman–Crippen MR) is 65.6 cm³/mol. The van der Waals surface area contributed by atoms with E-state index in [1.54, 1.807) is 6.07 Å². The standard InChI is InChI=1S/C11H17NO4S/c1-3-17(15)7-6-12-8(2)9-4-5-10(16-9)11(13)14/h4-5,8,12H,3,6-7H2,1-2H3,(H,13,14). The molecule has 5 nitrogen and oxygen atoms in total. The van der Waals surface area contributed by atoms with E-state index in [0.717, 1.165) is 0 Å². The van der Waals surface area contributed by atoms with Crippen LogP contribution in [0.4, 0.5) is 0 Å². The summed E-state index contributed by atoms with van der Waals surface area (Å²) in [5.74, 6) is 0.679. The summed E-state index contributed by atoms with van der Waals surface area (Å²) in [5, 5.41) is 11.8. The lowest BCUT2D eigenvalue weighted by atomic mass is 10.2. The third-order valence-corrected chi connectivity index (χ3v) is 3.67. The molecule has 1 aromatic rings. The molecule has 2 atom stereocenters. The Kier molecular flexibility index (Phi) is 5.37. The van der Waals surface area contributed by atoms with Gasteiger partial charge >= 0.3 is 5.97 Å². The molecule has 0 aliphatic heterocycles. The summed E-state index contributed by atoms with van der Waals surface area (Å²) in [5.41, 5.74) is 0. The van der Waals surface area contributed by atoms with Crippen LogP contribution < -0.4 is 5.32 Å². The van der Waals surface area contributed by atoms with Gasteiger partial charge < -0.3 is 14.8 Å². The fourth-order valence-corrected chi connectivity index (χ4v) is 1.97. The monoisotopic (exact) mass is 259 g/mol. The smallest absolute Gasteiger partial charge is 0.371 e. The van der Waals surface area contributed by atoms with Crippen molar-refractivity contribution in [2.45, 2.75) is 19.9 Å². The maximum Gasteiger partial charge on any atom is 0.371 e. The number of hydrogen-bond acceptors (Lipinski definition) is 4. The maximum absolute atomic E-state index is 11.2. The van der Waals surface area contributed by atoms with Gasteiger partial charge in [0, 0.05) is 28.9 Å². The first-order valence-electron chi connectivity index (χ1n) is 5.46. The van der Waals surface area contributed by atoms with E-state index in [0.29, 0.717) is 23.8 Å². The summed E-state index contributed by atoms with van der Waals surface area (Å²) in [4.78, 5) is 10.6. The number of carbonyl (C=O) groups is 1. The van der Waals surface area contributed by atoms with Gasteiger partial charge in [0.25, 0.3) is 0 Å². The van der Waals surface area contributed by atoms with Crippen molar-refractivity contribution >= 4 is 16.8 Å². The second kappa shape index (κ2) is 6.56. The minimum atomic E-state index is -1.07. The molecule has 1 rings (SSSR count). The number of aromatic carboxylic acids is 1. The molecule has 0 saturated carbocycles. The van der Waals surface area contributed by atoms with Crippen LogP contribution in [0.25, 0.3) is 0 Å². The Balaban J connectivity index is 2.43. The Morgan fingerprint density at radius 1 is 1.59 bits per heavy atom. The van der Waals surface area contributed by atoms with Crippen molar-refractivity contribution in [2.24, 2.45) is 0 Å². The highest BCUT2D eigenvalue weighted by Gasteiger charge is 2.13. The van der Waals surface area contributed by atoms with Crippen LogP contribution in [-0.4, -0.2) is 33.3 Å². The Morgan fingerprint density at radius 3 is 2.82 bits per heavy atom. The molecule has 0 spiro atoms. The quantitative estimate of drug-likeness (QED) is 0.773. The molecule has 0 aromatic carbocycles. The SMILES string of the molecule is CCS(=O)CCNC(C)c1ccc(C(=O)O)o1. The molecule has 2 N–H and O–H groups in total. The first kappa shape index (κ1) is 13.9. The van der Waals surface area contributed by atoms with Crippen LogP contribution in [0.1, 0.15) is 36.2 Å². The molecule has 17 heavy (non-hydrogen) atoms. The van der Waals surface area contributed by atoms with Gasteiger partial charge in [-0.1, -0.05) is 6.92 Å². The van der Waals surface area contributed by atoms with E-state index >= 15 is 0 Å². The molecule has 0 aliphatic carbocycles. The fourth-order valence-electron chi connectivity index (χ4n) is 1.33. The molecular weight excluding hydrogens is 242 g/mol. The maximum atomic E-state index is 11.2. The Labute approximate surface area is 103 Å². The minimum absolute atomic E-state index is 0.0641. The van der Waals surface area contributed by atoms with Crippen LogP contribution in [0.5, 0.6) is 0 Å².